The van der Waals surface area contributed by atoms with E-state index in [1.165, 1.54) is 0 Å². The largest absolute Gasteiger partial charge is 0.467 e. The fourth-order valence-electron chi connectivity index (χ4n) is 2.86. The molecule has 0 saturated heterocycles. The van der Waals surface area contributed by atoms with Gasteiger partial charge in [0.2, 0.25) is 0 Å². The molecule has 1 aromatic carbocycles. The van der Waals surface area contributed by atoms with E-state index in [0.717, 1.165) is 35.1 Å². The Hall–Kier alpha value is -2.80. The zero-order valence-electron chi connectivity index (χ0n) is 16.1. The smallest absolute Gasteiger partial charge is 0.192 e. The van der Waals surface area contributed by atoms with Crippen molar-refractivity contribution in [2.45, 2.75) is 39.4 Å². The van der Waals surface area contributed by atoms with Crippen molar-refractivity contribution in [2.75, 3.05) is 6.54 Å². The Morgan fingerprint density at radius 2 is 2.14 bits per heavy atom. The number of rotatable bonds is 8. The third-order valence-corrected chi connectivity index (χ3v) is 4.70. The van der Waals surface area contributed by atoms with Gasteiger partial charge in [0.1, 0.15) is 24.5 Å². The lowest BCUT2D eigenvalue weighted by Gasteiger charge is -2.20. The summed E-state index contributed by atoms with van der Waals surface area (Å²) in [6.07, 6.45) is 4.25. The second-order valence-corrected chi connectivity index (χ2v) is 6.76. The summed E-state index contributed by atoms with van der Waals surface area (Å²) in [5.74, 6) is 2.46. The molecule has 0 amide bonds. The van der Waals surface area contributed by atoms with Crippen molar-refractivity contribution in [1.82, 2.24) is 25.4 Å². The molecule has 7 nitrogen and oxygen atoms in total. The van der Waals surface area contributed by atoms with Crippen molar-refractivity contribution >= 4 is 17.6 Å². The maximum atomic E-state index is 6.33. The average molecular weight is 401 g/mol. The number of hydrogen-bond acceptors (Lipinski definition) is 4. The molecule has 8 heteroatoms. The van der Waals surface area contributed by atoms with Crippen molar-refractivity contribution in [2.24, 2.45) is 4.99 Å². The van der Waals surface area contributed by atoms with E-state index in [0.29, 0.717) is 19.0 Å². The first-order valence-corrected chi connectivity index (χ1v) is 9.73. The summed E-state index contributed by atoms with van der Waals surface area (Å²) < 4.78 is 7.42. The predicted molar refractivity (Wildman–Crippen MR) is 110 cm³/mol. The topological polar surface area (TPSA) is 80.3 Å². The van der Waals surface area contributed by atoms with Gasteiger partial charge >= 0.3 is 0 Å². The van der Waals surface area contributed by atoms with Crippen LogP contribution in [-0.2, 0) is 19.5 Å². The van der Waals surface area contributed by atoms with Crippen molar-refractivity contribution in [1.29, 1.82) is 0 Å². The molecule has 0 radical (unpaired) electrons. The summed E-state index contributed by atoms with van der Waals surface area (Å²) in [5.41, 5.74) is 1.02. The maximum absolute atomic E-state index is 6.33. The van der Waals surface area contributed by atoms with E-state index in [2.05, 4.69) is 39.7 Å². The Labute approximate surface area is 169 Å². The quantitative estimate of drug-likeness (QED) is 0.446. The van der Waals surface area contributed by atoms with Gasteiger partial charge in [0.15, 0.2) is 5.96 Å². The molecule has 0 spiro atoms. The van der Waals surface area contributed by atoms with E-state index in [4.69, 9.17) is 16.0 Å². The maximum Gasteiger partial charge on any atom is 0.192 e. The fourth-order valence-corrected chi connectivity index (χ4v) is 3.15. The molecule has 0 bridgehead atoms. The first-order valence-electron chi connectivity index (χ1n) is 9.35. The number of guanidine groups is 1. The number of aliphatic imine (C=N–C) groups is 1. The monoisotopic (exact) mass is 400 g/mol. The third-order valence-electron chi connectivity index (χ3n) is 4.36. The SMILES string of the molecule is CCc1nncn1CCNC(=NCc1ccco1)NC(C)c1ccccc1Cl. The minimum absolute atomic E-state index is 0.00216. The molecule has 28 heavy (non-hydrogen) atoms. The van der Waals surface area contributed by atoms with Crippen molar-refractivity contribution in [3.8, 4) is 0 Å². The van der Waals surface area contributed by atoms with Crippen LogP contribution in [0.4, 0.5) is 0 Å². The van der Waals surface area contributed by atoms with Crippen LogP contribution in [0, 0.1) is 0 Å². The summed E-state index contributed by atoms with van der Waals surface area (Å²) in [5, 5.41) is 15.6. The molecule has 3 rings (SSSR count). The van der Waals surface area contributed by atoms with E-state index in [9.17, 15) is 0 Å². The average Bonchev–Trinajstić information content (AvgIpc) is 3.37. The first-order chi connectivity index (χ1) is 13.7. The number of benzene rings is 1. The van der Waals surface area contributed by atoms with E-state index in [1.54, 1.807) is 12.6 Å². The Kier molecular flexibility index (Phi) is 7.08. The molecule has 3 aromatic rings. The van der Waals surface area contributed by atoms with E-state index in [1.807, 2.05) is 41.0 Å². The number of aryl methyl sites for hydroxylation is 1. The van der Waals surface area contributed by atoms with Crippen LogP contribution in [-0.4, -0.2) is 27.3 Å². The lowest BCUT2D eigenvalue weighted by Crippen LogP contribution is -2.40. The lowest BCUT2D eigenvalue weighted by molar-refractivity contribution is 0.511. The predicted octanol–water partition coefficient (Wildman–Crippen LogP) is 3.58. The highest BCUT2D eigenvalue weighted by Gasteiger charge is 2.11. The Morgan fingerprint density at radius 1 is 1.29 bits per heavy atom. The fraction of sp³-hybridized carbons (Fsp3) is 0.350. The standard InChI is InChI=1S/C20H25ClN6O/c1-3-19-26-24-14-27(19)11-10-22-20(23-13-16-7-6-12-28-16)25-15(2)17-8-4-5-9-18(17)21/h4-9,12,14-15H,3,10-11,13H2,1-2H3,(H2,22,23,25). The summed E-state index contributed by atoms with van der Waals surface area (Å²) in [6, 6.07) is 11.6. The van der Waals surface area contributed by atoms with Crippen LogP contribution >= 0.6 is 11.6 Å². The van der Waals surface area contributed by atoms with E-state index in [-0.39, 0.29) is 6.04 Å². The molecule has 1 unspecified atom stereocenters. The number of halogens is 1. The van der Waals surface area contributed by atoms with Gasteiger partial charge in [-0.05, 0) is 30.7 Å². The number of nitrogens with zero attached hydrogens (tertiary/aromatic N) is 4. The number of aromatic nitrogens is 3. The first kappa shape index (κ1) is 19.9. The van der Waals surface area contributed by atoms with Gasteiger partial charge in [-0.2, -0.15) is 0 Å². The molecule has 1 atom stereocenters. The van der Waals surface area contributed by atoms with Crippen LogP contribution in [0.5, 0.6) is 0 Å². The van der Waals surface area contributed by atoms with E-state index >= 15 is 0 Å². The highest BCUT2D eigenvalue weighted by Crippen LogP contribution is 2.22. The van der Waals surface area contributed by atoms with Gasteiger partial charge in [-0.15, -0.1) is 10.2 Å². The van der Waals surface area contributed by atoms with Gasteiger partial charge in [-0.1, -0.05) is 36.7 Å². The number of furan rings is 1. The number of hydrogen-bond donors (Lipinski definition) is 2. The molecular weight excluding hydrogens is 376 g/mol. The molecular formula is C20H25ClN6O. The molecule has 0 fully saturated rings. The van der Waals surface area contributed by atoms with Crippen LogP contribution in [0.1, 0.15) is 37.0 Å². The van der Waals surface area contributed by atoms with E-state index < -0.39 is 0 Å². The highest BCUT2D eigenvalue weighted by molar-refractivity contribution is 6.31. The van der Waals surface area contributed by atoms with Crippen LogP contribution in [0.2, 0.25) is 5.02 Å². The van der Waals surface area contributed by atoms with Crippen LogP contribution in [0.25, 0.3) is 0 Å². The van der Waals surface area contributed by atoms with Crippen LogP contribution in [0.3, 0.4) is 0 Å². The van der Waals surface area contributed by atoms with Gasteiger partial charge in [0, 0.05) is 24.5 Å². The summed E-state index contributed by atoms with van der Waals surface area (Å²) in [7, 11) is 0. The Bertz CT molecular complexity index is 890. The van der Waals surface area contributed by atoms with Crippen molar-refractivity contribution < 1.29 is 4.42 Å². The van der Waals surface area contributed by atoms with Gasteiger partial charge < -0.3 is 19.6 Å². The second kappa shape index (κ2) is 9.94. The molecule has 0 aliphatic rings. The summed E-state index contributed by atoms with van der Waals surface area (Å²) >= 11 is 6.33. The van der Waals surface area contributed by atoms with Crippen molar-refractivity contribution in [3.63, 3.8) is 0 Å². The molecule has 0 saturated carbocycles. The minimum Gasteiger partial charge on any atom is -0.467 e. The molecule has 2 heterocycles. The molecule has 2 N–H and O–H groups in total. The number of nitrogens with one attached hydrogen (secondary N) is 2. The Balaban J connectivity index is 1.66. The zero-order valence-corrected chi connectivity index (χ0v) is 16.9. The third kappa shape index (κ3) is 5.36. The summed E-state index contributed by atoms with van der Waals surface area (Å²) in [6.45, 7) is 6.00. The molecule has 2 aromatic heterocycles. The lowest BCUT2D eigenvalue weighted by atomic mass is 10.1. The molecule has 0 aliphatic carbocycles. The van der Waals surface area contributed by atoms with Gasteiger partial charge in [0.25, 0.3) is 0 Å². The molecule has 148 valence electrons. The normalized spacial score (nSPS) is 12.8. The summed E-state index contributed by atoms with van der Waals surface area (Å²) in [4.78, 5) is 4.64. The van der Waals surface area contributed by atoms with Gasteiger partial charge in [0.05, 0.1) is 12.3 Å². The van der Waals surface area contributed by atoms with Crippen LogP contribution in [0.15, 0.2) is 58.4 Å². The van der Waals surface area contributed by atoms with Gasteiger partial charge in [-0.25, -0.2) is 4.99 Å². The van der Waals surface area contributed by atoms with Gasteiger partial charge in [-0.3, -0.25) is 0 Å². The Morgan fingerprint density at radius 3 is 2.89 bits per heavy atom. The van der Waals surface area contributed by atoms with Crippen LogP contribution < -0.4 is 10.6 Å². The second-order valence-electron chi connectivity index (χ2n) is 6.35. The highest BCUT2D eigenvalue weighted by atomic mass is 35.5. The van der Waals surface area contributed by atoms with Crippen molar-refractivity contribution in [3.05, 3.63) is 71.2 Å². The molecule has 0 aliphatic heterocycles. The minimum atomic E-state index is -0.00216. The zero-order chi connectivity index (χ0) is 19.8.